The van der Waals surface area contributed by atoms with Gasteiger partial charge in [-0.3, -0.25) is 0 Å². The third-order valence-electron chi connectivity index (χ3n) is 8.85. The van der Waals surface area contributed by atoms with Gasteiger partial charge in [0.2, 0.25) is 0 Å². The van der Waals surface area contributed by atoms with Gasteiger partial charge in [-0.15, -0.1) is 0 Å². The van der Waals surface area contributed by atoms with Crippen molar-refractivity contribution in [3.8, 4) is 33.4 Å². The molecular weight excluding hydrogens is 496 g/mol. The van der Waals surface area contributed by atoms with E-state index in [9.17, 15) is 0 Å². The molecule has 0 saturated heterocycles. The summed E-state index contributed by atoms with van der Waals surface area (Å²) in [7, 11) is 0. The van der Waals surface area contributed by atoms with Gasteiger partial charge < -0.3 is 4.42 Å². The number of para-hydroxylation sites is 1. The average molecular weight is 525 g/mol. The molecule has 0 bridgehead atoms. The summed E-state index contributed by atoms with van der Waals surface area (Å²) in [6, 6.07) is 42.0. The molecule has 0 radical (unpaired) electrons. The molecule has 194 valence electrons. The summed E-state index contributed by atoms with van der Waals surface area (Å²) in [5, 5.41) is 1.17. The van der Waals surface area contributed by atoms with Crippen LogP contribution in [0.2, 0.25) is 0 Å². The monoisotopic (exact) mass is 524 g/mol. The van der Waals surface area contributed by atoms with Gasteiger partial charge in [0.15, 0.2) is 0 Å². The molecule has 0 saturated carbocycles. The highest BCUT2D eigenvalue weighted by Gasteiger charge is 2.54. The molecule has 0 aliphatic heterocycles. The fourth-order valence-electron chi connectivity index (χ4n) is 7.03. The lowest BCUT2D eigenvalue weighted by atomic mass is 9.73. The average Bonchev–Trinajstić information content (AvgIpc) is 3.64. The molecule has 1 heterocycles. The van der Waals surface area contributed by atoms with Crippen LogP contribution in [0.3, 0.4) is 0 Å². The summed E-state index contributed by atoms with van der Waals surface area (Å²) in [5.74, 6) is 1.03. The van der Waals surface area contributed by atoms with Gasteiger partial charge in [-0.05, 0) is 74.7 Å². The largest absolute Gasteiger partial charge is 0.459 e. The fourth-order valence-corrected chi connectivity index (χ4v) is 7.03. The van der Waals surface area contributed by atoms with Gasteiger partial charge >= 0.3 is 0 Å². The fraction of sp³-hybridized carbons (Fsp3) is 0.0500. The minimum Gasteiger partial charge on any atom is -0.459 e. The van der Waals surface area contributed by atoms with Crippen molar-refractivity contribution < 1.29 is 4.42 Å². The third-order valence-corrected chi connectivity index (χ3v) is 8.85. The Bertz CT molecular complexity index is 2020. The molecular formula is C40H28O. The first-order valence-corrected chi connectivity index (χ1v) is 14.1. The highest BCUT2D eigenvalue weighted by atomic mass is 16.3. The second-order valence-electron chi connectivity index (χ2n) is 11.0. The van der Waals surface area contributed by atoms with Gasteiger partial charge in [0.05, 0.1) is 0 Å². The minimum atomic E-state index is -0.472. The first-order chi connectivity index (χ1) is 20.2. The number of furan rings is 1. The highest BCUT2D eigenvalue weighted by molar-refractivity contribution is 6.05. The van der Waals surface area contributed by atoms with Crippen LogP contribution in [0.15, 0.2) is 151 Å². The van der Waals surface area contributed by atoms with Crippen molar-refractivity contribution in [2.24, 2.45) is 0 Å². The van der Waals surface area contributed by atoms with E-state index in [1.54, 1.807) is 6.08 Å². The van der Waals surface area contributed by atoms with Crippen LogP contribution >= 0.6 is 0 Å². The van der Waals surface area contributed by atoms with Crippen molar-refractivity contribution in [3.63, 3.8) is 0 Å². The first-order valence-electron chi connectivity index (χ1n) is 14.1. The number of fused-ring (bicyclic) bond motifs is 12. The Balaban J connectivity index is 1.36. The van der Waals surface area contributed by atoms with E-state index in [0.717, 1.165) is 11.3 Å². The molecule has 1 heteroatoms. The number of rotatable bonds is 4. The molecule has 0 atom stereocenters. The Hall–Kier alpha value is -5.14. The Morgan fingerprint density at radius 2 is 1.29 bits per heavy atom. The standard InChI is InChI=1S/C40H28O/c1-3-4-5-12-26(2)27-19-21-28(22-20-27)29-23-24-36-33(25-29)38-32-15-8-11-18-37(32)41-39(38)40(36)34-16-9-6-13-30(34)31-14-7-10-17-35(31)40/h3-25H,1H2,2H3/b5-4-,26-12+. The Kier molecular flexibility index (Phi) is 5.17. The van der Waals surface area contributed by atoms with E-state index in [1.807, 2.05) is 12.2 Å². The van der Waals surface area contributed by atoms with Gasteiger partial charge in [0.1, 0.15) is 16.8 Å². The van der Waals surface area contributed by atoms with E-state index in [0.29, 0.717) is 0 Å². The van der Waals surface area contributed by atoms with E-state index >= 15 is 0 Å². The molecule has 5 aromatic carbocycles. The van der Waals surface area contributed by atoms with Crippen LogP contribution in [0.1, 0.15) is 34.9 Å². The van der Waals surface area contributed by atoms with Crippen LogP contribution in [0.4, 0.5) is 0 Å². The van der Waals surface area contributed by atoms with Crippen LogP contribution in [-0.4, -0.2) is 0 Å². The van der Waals surface area contributed by atoms with Crippen molar-refractivity contribution in [1.82, 2.24) is 0 Å². The molecule has 8 rings (SSSR count). The molecule has 1 spiro atoms. The van der Waals surface area contributed by atoms with Crippen molar-refractivity contribution in [1.29, 1.82) is 0 Å². The smallest absolute Gasteiger partial charge is 0.135 e. The lowest BCUT2D eigenvalue weighted by Gasteiger charge is -2.28. The second-order valence-corrected chi connectivity index (χ2v) is 11.0. The lowest BCUT2D eigenvalue weighted by molar-refractivity contribution is 0.507. The van der Waals surface area contributed by atoms with Crippen LogP contribution in [0.25, 0.3) is 49.9 Å². The summed E-state index contributed by atoms with van der Waals surface area (Å²) in [4.78, 5) is 0. The minimum absolute atomic E-state index is 0.472. The van der Waals surface area contributed by atoms with E-state index in [1.165, 1.54) is 66.6 Å². The molecule has 0 fully saturated rings. The quantitative estimate of drug-likeness (QED) is 0.209. The van der Waals surface area contributed by atoms with Crippen LogP contribution in [0, 0.1) is 0 Å². The normalized spacial score (nSPS) is 14.3. The maximum Gasteiger partial charge on any atom is 0.135 e. The van der Waals surface area contributed by atoms with Crippen LogP contribution in [-0.2, 0) is 5.41 Å². The van der Waals surface area contributed by atoms with Crippen molar-refractivity contribution in [2.45, 2.75) is 12.3 Å². The maximum absolute atomic E-state index is 6.85. The van der Waals surface area contributed by atoms with Gasteiger partial charge in [0.25, 0.3) is 0 Å². The van der Waals surface area contributed by atoms with Gasteiger partial charge in [-0.25, -0.2) is 0 Å². The first kappa shape index (κ1) is 23.7. The SMILES string of the molecule is C=C/C=C\C=C(/C)c1ccc(-c2ccc3c(c2)-c2c(oc4ccccc24)C32c3ccccc3-c3ccccc32)cc1. The van der Waals surface area contributed by atoms with Gasteiger partial charge in [0, 0.05) is 10.9 Å². The molecule has 0 amide bonds. The summed E-state index contributed by atoms with van der Waals surface area (Å²) in [6.45, 7) is 5.89. The molecule has 1 aromatic heterocycles. The maximum atomic E-state index is 6.85. The van der Waals surface area contributed by atoms with Gasteiger partial charge in [-0.1, -0.05) is 134 Å². The molecule has 6 aromatic rings. The predicted octanol–water partition coefficient (Wildman–Crippen LogP) is 10.6. The summed E-state index contributed by atoms with van der Waals surface area (Å²) < 4.78 is 6.85. The zero-order chi connectivity index (χ0) is 27.6. The number of benzene rings is 5. The summed E-state index contributed by atoms with van der Waals surface area (Å²) in [5.41, 5.74) is 14.2. The van der Waals surface area contributed by atoms with E-state index in [-0.39, 0.29) is 0 Å². The number of hydrogen-bond acceptors (Lipinski definition) is 1. The van der Waals surface area contributed by atoms with Crippen molar-refractivity contribution >= 4 is 16.5 Å². The molecule has 2 aliphatic carbocycles. The topological polar surface area (TPSA) is 13.1 Å². The Morgan fingerprint density at radius 1 is 0.659 bits per heavy atom. The van der Waals surface area contributed by atoms with E-state index < -0.39 is 5.41 Å². The lowest BCUT2D eigenvalue weighted by Crippen LogP contribution is -2.25. The third kappa shape index (κ3) is 3.24. The zero-order valence-electron chi connectivity index (χ0n) is 22.9. The predicted molar refractivity (Wildman–Crippen MR) is 171 cm³/mol. The Labute approximate surface area is 240 Å². The molecule has 1 nitrogen and oxygen atoms in total. The number of hydrogen-bond donors (Lipinski definition) is 0. The summed E-state index contributed by atoms with van der Waals surface area (Å²) >= 11 is 0. The molecule has 2 aliphatic rings. The van der Waals surface area contributed by atoms with Crippen molar-refractivity contribution in [3.05, 3.63) is 174 Å². The van der Waals surface area contributed by atoms with E-state index in [4.69, 9.17) is 4.42 Å². The number of allylic oxidation sites excluding steroid dienone is 5. The summed E-state index contributed by atoms with van der Waals surface area (Å²) in [6.07, 6.45) is 7.89. The second kappa shape index (κ2) is 8.94. The highest BCUT2D eigenvalue weighted by Crippen LogP contribution is 2.64. The van der Waals surface area contributed by atoms with E-state index in [2.05, 4.69) is 135 Å². The molecule has 0 N–H and O–H groups in total. The zero-order valence-corrected chi connectivity index (χ0v) is 22.9. The van der Waals surface area contributed by atoms with Crippen molar-refractivity contribution in [2.75, 3.05) is 0 Å². The molecule has 0 unspecified atom stereocenters. The Morgan fingerprint density at radius 3 is 2.02 bits per heavy atom. The van der Waals surface area contributed by atoms with Crippen LogP contribution < -0.4 is 0 Å². The molecule has 41 heavy (non-hydrogen) atoms. The van der Waals surface area contributed by atoms with Gasteiger partial charge in [-0.2, -0.15) is 0 Å². The van der Waals surface area contributed by atoms with Crippen LogP contribution in [0.5, 0.6) is 0 Å².